The Morgan fingerprint density at radius 1 is 0.708 bits per heavy atom. The zero-order valence-electron chi connectivity index (χ0n) is 16.2. The van der Waals surface area contributed by atoms with Gasteiger partial charge in [0.1, 0.15) is 0 Å². The van der Waals surface area contributed by atoms with Gasteiger partial charge in [0.15, 0.2) is 0 Å². The lowest BCUT2D eigenvalue weighted by Gasteiger charge is -2.03. The molecule has 0 aliphatic carbocycles. The average molecular weight is 337 g/mol. The van der Waals surface area contributed by atoms with E-state index in [2.05, 4.69) is 38.2 Å². The molecule has 0 bridgehead atoms. The molecule has 2 nitrogen and oxygen atoms in total. The SMILES string of the molecule is CCCCC/C=C\C/C=C\CCCCCCCC(=O)OCCCC. The van der Waals surface area contributed by atoms with Crippen LogP contribution in [0.2, 0.25) is 0 Å². The molecule has 140 valence electrons. The molecule has 0 heterocycles. The summed E-state index contributed by atoms with van der Waals surface area (Å²) < 4.78 is 5.15. The first kappa shape index (κ1) is 22.9. The maximum atomic E-state index is 11.4. The predicted molar refractivity (Wildman–Crippen MR) is 105 cm³/mol. The molecular formula is C22H40O2. The van der Waals surface area contributed by atoms with E-state index in [0.29, 0.717) is 13.0 Å². The van der Waals surface area contributed by atoms with Gasteiger partial charge in [0.05, 0.1) is 6.61 Å². The van der Waals surface area contributed by atoms with Gasteiger partial charge in [-0.3, -0.25) is 4.79 Å². The molecule has 2 heteroatoms. The van der Waals surface area contributed by atoms with Crippen molar-refractivity contribution in [3.8, 4) is 0 Å². The summed E-state index contributed by atoms with van der Waals surface area (Å²) in [6.07, 6.45) is 25.2. The van der Waals surface area contributed by atoms with Gasteiger partial charge in [-0.25, -0.2) is 0 Å². The minimum Gasteiger partial charge on any atom is -0.466 e. The lowest BCUT2D eigenvalue weighted by molar-refractivity contribution is -0.143. The van der Waals surface area contributed by atoms with E-state index in [1.165, 1.54) is 51.4 Å². The molecule has 0 aromatic rings. The van der Waals surface area contributed by atoms with Crippen LogP contribution in [0.5, 0.6) is 0 Å². The molecule has 0 saturated carbocycles. The van der Waals surface area contributed by atoms with Crippen LogP contribution in [-0.2, 0) is 9.53 Å². The molecule has 0 aliphatic rings. The Morgan fingerprint density at radius 2 is 1.29 bits per heavy atom. The first-order chi connectivity index (χ1) is 11.8. The van der Waals surface area contributed by atoms with Crippen molar-refractivity contribution >= 4 is 5.97 Å². The third kappa shape index (κ3) is 19.0. The monoisotopic (exact) mass is 336 g/mol. The van der Waals surface area contributed by atoms with Crippen molar-refractivity contribution in [3.63, 3.8) is 0 Å². The third-order valence-electron chi connectivity index (χ3n) is 4.09. The molecule has 0 aromatic heterocycles. The second-order valence-corrected chi connectivity index (χ2v) is 6.55. The summed E-state index contributed by atoms with van der Waals surface area (Å²) in [7, 11) is 0. The van der Waals surface area contributed by atoms with Crippen LogP contribution in [0.25, 0.3) is 0 Å². The summed E-state index contributed by atoms with van der Waals surface area (Å²) >= 11 is 0. The Balaban J connectivity index is 3.24. The second-order valence-electron chi connectivity index (χ2n) is 6.55. The van der Waals surface area contributed by atoms with E-state index in [1.54, 1.807) is 0 Å². The van der Waals surface area contributed by atoms with Crippen LogP contribution in [0, 0.1) is 0 Å². The average Bonchev–Trinajstić information content (AvgIpc) is 2.58. The molecule has 0 fully saturated rings. The van der Waals surface area contributed by atoms with Crippen molar-refractivity contribution in [2.75, 3.05) is 6.61 Å². The molecule has 0 aliphatic heterocycles. The minimum absolute atomic E-state index is 0.0193. The van der Waals surface area contributed by atoms with Crippen LogP contribution < -0.4 is 0 Å². The summed E-state index contributed by atoms with van der Waals surface area (Å²) in [6, 6.07) is 0. The molecule has 0 N–H and O–H groups in total. The van der Waals surface area contributed by atoms with Crippen molar-refractivity contribution in [3.05, 3.63) is 24.3 Å². The van der Waals surface area contributed by atoms with Gasteiger partial charge in [-0.1, -0.05) is 76.7 Å². The smallest absolute Gasteiger partial charge is 0.305 e. The van der Waals surface area contributed by atoms with Gasteiger partial charge in [0.25, 0.3) is 0 Å². The maximum Gasteiger partial charge on any atom is 0.305 e. The normalized spacial score (nSPS) is 11.6. The molecular weight excluding hydrogens is 296 g/mol. The Hall–Kier alpha value is -1.05. The molecule has 0 amide bonds. The van der Waals surface area contributed by atoms with Crippen molar-refractivity contribution in [1.29, 1.82) is 0 Å². The fraction of sp³-hybridized carbons (Fsp3) is 0.773. The summed E-state index contributed by atoms with van der Waals surface area (Å²) in [5, 5.41) is 0. The Labute approximate surface area is 150 Å². The molecule has 0 unspecified atom stereocenters. The highest BCUT2D eigenvalue weighted by atomic mass is 16.5. The lowest BCUT2D eigenvalue weighted by atomic mass is 10.1. The standard InChI is InChI=1S/C22H40O2/c1-3-5-7-8-9-10-11-12-13-14-15-16-17-18-19-20-22(23)24-21-6-4-2/h9-10,12-13H,3-8,11,14-21H2,1-2H3/b10-9-,13-12-. The first-order valence-electron chi connectivity index (χ1n) is 10.3. The number of hydrogen-bond donors (Lipinski definition) is 0. The molecule has 0 radical (unpaired) electrons. The fourth-order valence-corrected chi connectivity index (χ4v) is 2.48. The summed E-state index contributed by atoms with van der Waals surface area (Å²) in [5.74, 6) is -0.0193. The van der Waals surface area contributed by atoms with E-state index < -0.39 is 0 Å². The van der Waals surface area contributed by atoms with Gasteiger partial charge < -0.3 is 4.74 Å². The van der Waals surface area contributed by atoms with Crippen LogP contribution in [0.15, 0.2) is 24.3 Å². The summed E-state index contributed by atoms with van der Waals surface area (Å²) in [4.78, 5) is 11.4. The van der Waals surface area contributed by atoms with Crippen molar-refractivity contribution in [2.24, 2.45) is 0 Å². The Morgan fingerprint density at radius 3 is 1.96 bits per heavy atom. The second kappa shape index (κ2) is 20.0. The predicted octanol–water partition coefficient (Wildman–Crippen LogP) is 7.14. The van der Waals surface area contributed by atoms with E-state index in [0.717, 1.165) is 32.1 Å². The van der Waals surface area contributed by atoms with Crippen LogP contribution in [0.3, 0.4) is 0 Å². The highest BCUT2D eigenvalue weighted by molar-refractivity contribution is 5.69. The van der Waals surface area contributed by atoms with Gasteiger partial charge in [-0.2, -0.15) is 0 Å². The molecule has 0 spiro atoms. The van der Waals surface area contributed by atoms with Crippen LogP contribution in [0.4, 0.5) is 0 Å². The molecule has 24 heavy (non-hydrogen) atoms. The van der Waals surface area contributed by atoms with Crippen LogP contribution >= 0.6 is 0 Å². The largest absolute Gasteiger partial charge is 0.466 e. The van der Waals surface area contributed by atoms with Gasteiger partial charge in [0, 0.05) is 6.42 Å². The lowest BCUT2D eigenvalue weighted by Crippen LogP contribution is -2.05. The number of rotatable bonds is 17. The molecule has 0 aromatic carbocycles. The highest BCUT2D eigenvalue weighted by Crippen LogP contribution is 2.09. The van der Waals surface area contributed by atoms with Gasteiger partial charge >= 0.3 is 5.97 Å². The van der Waals surface area contributed by atoms with E-state index >= 15 is 0 Å². The van der Waals surface area contributed by atoms with E-state index in [-0.39, 0.29) is 5.97 Å². The molecule has 0 atom stereocenters. The maximum absolute atomic E-state index is 11.4. The Kier molecular flexibility index (Phi) is 19.1. The number of unbranched alkanes of at least 4 members (excludes halogenated alkanes) is 9. The molecule has 0 saturated heterocycles. The summed E-state index contributed by atoms with van der Waals surface area (Å²) in [6.45, 7) is 4.94. The van der Waals surface area contributed by atoms with Crippen molar-refractivity contribution in [1.82, 2.24) is 0 Å². The number of carbonyl (C=O) groups is 1. The number of esters is 1. The summed E-state index contributed by atoms with van der Waals surface area (Å²) in [5.41, 5.74) is 0. The number of hydrogen-bond acceptors (Lipinski definition) is 2. The van der Waals surface area contributed by atoms with E-state index in [4.69, 9.17) is 4.74 Å². The number of allylic oxidation sites excluding steroid dienone is 4. The number of ether oxygens (including phenoxy) is 1. The molecule has 0 rings (SSSR count). The third-order valence-corrected chi connectivity index (χ3v) is 4.09. The van der Waals surface area contributed by atoms with Crippen molar-refractivity contribution in [2.45, 2.75) is 104 Å². The fourth-order valence-electron chi connectivity index (χ4n) is 2.48. The van der Waals surface area contributed by atoms with E-state index in [9.17, 15) is 4.79 Å². The van der Waals surface area contributed by atoms with Crippen LogP contribution in [0.1, 0.15) is 104 Å². The first-order valence-corrected chi connectivity index (χ1v) is 10.3. The number of carbonyl (C=O) groups excluding carboxylic acids is 1. The van der Waals surface area contributed by atoms with Crippen LogP contribution in [-0.4, -0.2) is 12.6 Å². The highest BCUT2D eigenvalue weighted by Gasteiger charge is 2.01. The zero-order chi connectivity index (χ0) is 17.7. The van der Waals surface area contributed by atoms with Gasteiger partial charge in [-0.05, 0) is 44.9 Å². The van der Waals surface area contributed by atoms with E-state index in [1.807, 2.05) is 0 Å². The Bertz CT molecular complexity index is 318. The van der Waals surface area contributed by atoms with Crippen molar-refractivity contribution < 1.29 is 9.53 Å². The van der Waals surface area contributed by atoms with Gasteiger partial charge in [-0.15, -0.1) is 0 Å². The quantitative estimate of drug-likeness (QED) is 0.160. The topological polar surface area (TPSA) is 26.3 Å². The van der Waals surface area contributed by atoms with Gasteiger partial charge in [0.2, 0.25) is 0 Å². The minimum atomic E-state index is -0.0193. The zero-order valence-corrected chi connectivity index (χ0v) is 16.2.